The fraction of sp³-hybridized carbons (Fsp3) is 0.538. The third-order valence-corrected chi connectivity index (χ3v) is 3.37. The van der Waals surface area contributed by atoms with Crippen LogP contribution in [0.1, 0.15) is 12.5 Å². The van der Waals surface area contributed by atoms with E-state index >= 15 is 0 Å². The van der Waals surface area contributed by atoms with Gasteiger partial charge < -0.3 is 9.80 Å². The molecule has 1 unspecified atom stereocenters. The fourth-order valence-corrected chi connectivity index (χ4v) is 1.97. The molecule has 0 heterocycles. The lowest BCUT2D eigenvalue weighted by Crippen LogP contribution is -3.17. The van der Waals surface area contributed by atoms with Gasteiger partial charge in [0.1, 0.15) is 19.6 Å². The van der Waals surface area contributed by atoms with Crippen LogP contribution in [0.3, 0.4) is 0 Å². The summed E-state index contributed by atoms with van der Waals surface area (Å²) in [6.45, 7) is 7.08. The van der Waals surface area contributed by atoms with E-state index < -0.39 is 0 Å². The average Bonchev–Trinajstić information content (AvgIpc) is 2.26. The SMILES string of the molecule is CC[NH+](CC[NH+](C)C)Cc1ccc(Br)cc1. The van der Waals surface area contributed by atoms with Crippen molar-refractivity contribution in [2.24, 2.45) is 0 Å². The molecule has 0 aliphatic heterocycles. The maximum Gasteiger partial charge on any atom is 0.127 e. The Morgan fingerprint density at radius 3 is 2.19 bits per heavy atom. The van der Waals surface area contributed by atoms with Crippen LogP contribution in [0.2, 0.25) is 0 Å². The molecule has 2 nitrogen and oxygen atoms in total. The number of hydrogen-bond donors (Lipinski definition) is 2. The Kier molecular flexibility index (Phi) is 6.03. The van der Waals surface area contributed by atoms with Gasteiger partial charge in [0.2, 0.25) is 0 Å². The second kappa shape index (κ2) is 7.05. The van der Waals surface area contributed by atoms with Crippen molar-refractivity contribution in [2.75, 3.05) is 33.7 Å². The number of nitrogens with one attached hydrogen (secondary N) is 2. The van der Waals surface area contributed by atoms with Crippen molar-refractivity contribution in [2.45, 2.75) is 13.5 Å². The van der Waals surface area contributed by atoms with E-state index in [9.17, 15) is 0 Å². The van der Waals surface area contributed by atoms with Gasteiger partial charge in [-0.25, -0.2) is 0 Å². The number of halogens is 1. The molecule has 1 aromatic carbocycles. The Morgan fingerprint density at radius 2 is 1.69 bits per heavy atom. The lowest BCUT2D eigenvalue weighted by atomic mass is 10.2. The van der Waals surface area contributed by atoms with E-state index in [-0.39, 0.29) is 0 Å². The molecule has 0 fully saturated rings. The van der Waals surface area contributed by atoms with Crippen molar-refractivity contribution in [3.63, 3.8) is 0 Å². The van der Waals surface area contributed by atoms with Crippen LogP contribution in [0.5, 0.6) is 0 Å². The topological polar surface area (TPSA) is 8.88 Å². The van der Waals surface area contributed by atoms with Gasteiger partial charge in [-0.15, -0.1) is 0 Å². The van der Waals surface area contributed by atoms with Crippen molar-refractivity contribution in [1.29, 1.82) is 0 Å². The minimum absolute atomic E-state index is 1.14. The predicted octanol–water partition coefficient (Wildman–Crippen LogP) is -0.00160. The quantitative estimate of drug-likeness (QED) is 0.729. The van der Waals surface area contributed by atoms with Gasteiger partial charge in [-0.1, -0.05) is 28.1 Å². The number of benzene rings is 1. The third-order valence-electron chi connectivity index (χ3n) is 2.85. The normalized spacial score (nSPS) is 13.1. The summed E-state index contributed by atoms with van der Waals surface area (Å²) in [5.74, 6) is 0. The first-order valence-electron chi connectivity index (χ1n) is 5.99. The Bertz CT molecular complexity index is 295. The number of quaternary nitrogens is 2. The van der Waals surface area contributed by atoms with Gasteiger partial charge >= 0.3 is 0 Å². The first kappa shape index (κ1) is 13.7. The predicted molar refractivity (Wildman–Crippen MR) is 71.9 cm³/mol. The highest BCUT2D eigenvalue weighted by Gasteiger charge is 2.08. The highest BCUT2D eigenvalue weighted by molar-refractivity contribution is 9.10. The van der Waals surface area contributed by atoms with Crippen LogP contribution < -0.4 is 9.80 Å². The Morgan fingerprint density at radius 1 is 1.06 bits per heavy atom. The molecule has 0 saturated carbocycles. The van der Waals surface area contributed by atoms with E-state index in [0.717, 1.165) is 11.0 Å². The molecular formula is C13H23BrN2+2. The van der Waals surface area contributed by atoms with Crippen LogP contribution in [0.25, 0.3) is 0 Å². The molecule has 1 atom stereocenters. The number of hydrogen-bond acceptors (Lipinski definition) is 0. The zero-order valence-electron chi connectivity index (χ0n) is 10.5. The van der Waals surface area contributed by atoms with E-state index in [4.69, 9.17) is 0 Å². The van der Waals surface area contributed by atoms with E-state index in [0.29, 0.717) is 0 Å². The minimum atomic E-state index is 1.14. The van der Waals surface area contributed by atoms with Crippen LogP contribution in [0, 0.1) is 0 Å². The van der Waals surface area contributed by atoms with Gasteiger partial charge in [-0.3, -0.25) is 0 Å². The van der Waals surface area contributed by atoms with Gasteiger partial charge in [-0.2, -0.15) is 0 Å². The lowest BCUT2D eigenvalue weighted by Gasteiger charge is -2.18. The molecule has 2 N–H and O–H groups in total. The fourth-order valence-electron chi connectivity index (χ4n) is 1.71. The van der Waals surface area contributed by atoms with Crippen molar-refractivity contribution in [1.82, 2.24) is 0 Å². The zero-order chi connectivity index (χ0) is 12.0. The van der Waals surface area contributed by atoms with E-state index in [1.54, 1.807) is 4.90 Å². The van der Waals surface area contributed by atoms with Crippen molar-refractivity contribution in [3.05, 3.63) is 34.3 Å². The first-order valence-corrected chi connectivity index (χ1v) is 6.78. The minimum Gasteiger partial charge on any atom is -0.335 e. The van der Waals surface area contributed by atoms with Crippen LogP contribution in [-0.2, 0) is 6.54 Å². The molecule has 0 aliphatic carbocycles. The van der Waals surface area contributed by atoms with Crippen LogP contribution in [0.4, 0.5) is 0 Å². The maximum absolute atomic E-state index is 3.47. The van der Waals surface area contributed by atoms with Gasteiger partial charge in [0.15, 0.2) is 0 Å². The standard InChI is InChI=1S/C13H21BrN2/c1-4-16(10-9-15(2)3)11-12-5-7-13(14)8-6-12/h5-8H,4,9-11H2,1-3H3/p+2. The van der Waals surface area contributed by atoms with Gasteiger partial charge in [0.25, 0.3) is 0 Å². The van der Waals surface area contributed by atoms with Gasteiger partial charge in [0.05, 0.1) is 20.6 Å². The Labute approximate surface area is 107 Å². The highest BCUT2D eigenvalue weighted by Crippen LogP contribution is 2.09. The molecule has 0 aromatic heterocycles. The smallest absolute Gasteiger partial charge is 0.127 e. The van der Waals surface area contributed by atoms with Crippen molar-refractivity contribution >= 4 is 15.9 Å². The number of rotatable bonds is 6. The first-order chi connectivity index (χ1) is 7.61. The monoisotopic (exact) mass is 286 g/mol. The second-order valence-electron chi connectivity index (χ2n) is 4.61. The highest BCUT2D eigenvalue weighted by atomic mass is 79.9. The summed E-state index contributed by atoms with van der Waals surface area (Å²) in [7, 11) is 4.43. The maximum atomic E-state index is 3.47. The van der Waals surface area contributed by atoms with Crippen LogP contribution in [0.15, 0.2) is 28.7 Å². The molecule has 90 valence electrons. The molecule has 0 bridgehead atoms. The second-order valence-corrected chi connectivity index (χ2v) is 5.53. The summed E-state index contributed by atoms with van der Waals surface area (Å²) in [5.41, 5.74) is 1.42. The molecule has 3 heteroatoms. The van der Waals surface area contributed by atoms with Crippen LogP contribution in [-0.4, -0.2) is 33.7 Å². The molecule has 0 radical (unpaired) electrons. The Balaban J connectivity index is 2.46. The average molecular weight is 287 g/mol. The molecular weight excluding hydrogens is 264 g/mol. The summed E-state index contributed by atoms with van der Waals surface area (Å²) in [6, 6.07) is 8.67. The summed E-state index contributed by atoms with van der Waals surface area (Å²) < 4.78 is 1.16. The summed E-state index contributed by atoms with van der Waals surface area (Å²) >= 11 is 3.47. The largest absolute Gasteiger partial charge is 0.335 e. The molecule has 0 spiro atoms. The molecule has 1 rings (SSSR count). The van der Waals surface area contributed by atoms with E-state index in [1.165, 1.54) is 30.1 Å². The number of likely N-dealkylation sites (N-methyl/N-ethyl adjacent to an activating group) is 2. The van der Waals surface area contributed by atoms with Gasteiger partial charge in [-0.05, 0) is 19.1 Å². The molecule has 1 aromatic rings. The molecule has 0 saturated heterocycles. The molecule has 0 amide bonds. The summed E-state index contributed by atoms with van der Waals surface area (Å²) in [6.07, 6.45) is 0. The zero-order valence-corrected chi connectivity index (χ0v) is 12.1. The Hall–Kier alpha value is -0.380. The van der Waals surface area contributed by atoms with Crippen molar-refractivity contribution in [3.8, 4) is 0 Å². The van der Waals surface area contributed by atoms with Crippen molar-refractivity contribution < 1.29 is 9.80 Å². The third kappa shape index (κ3) is 5.10. The van der Waals surface area contributed by atoms with E-state index in [1.807, 2.05) is 0 Å². The lowest BCUT2D eigenvalue weighted by molar-refractivity contribution is -0.949. The van der Waals surface area contributed by atoms with Gasteiger partial charge in [0, 0.05) is 10.0 Å². The summed E-state index contributed by atoms with van der Waals surface area (Å²) in [4.78, 5) is 3.19. The molecule has 16 heavy (non-hydrogen) atoms. The molecule has 0 aliphatic rings. The van der Waals surface area contributed by atoms with E-state index in [2.05, 4.69) is 61.2 Å². The van der Waals surface area contributed by atoms with Crippen LogP contribution >= 0.6 is 15.9 Å². The summed E-state index contributed by atoms with van der Waals surface area (Å²) in [5, 5.41) is 0.